The maximum absolute atomic E-state index is 14.0. The average molecular weight is 592 g/mol. The highest BCUT2D eigenvalue weighted by atomic mass is 32.2. The molecule has 0 unspecified atom stereocenters. The second kappa shape index (κ2) is 12.7. The molecule has 7 nitrogen and oxygen atoms in total. The van der Waals surface area contributed by atoms with Crippen LogP contribution < -0.4 is 10.1 Å². The summed E-state index contributed by atoms with van der Waals surface area (Å²) in [6.45, 7) is 12.2. The first-order valence-electron chi connectivity index (χ1n) is 14.5. The van der Waals surface area contributed by atoms with E-state index >= 15 is 0 Å². The van der Waals surface area contributed by atoms with Crippen molar-refractivity contribution in [3.8, 4) is 11.5 Å². The molecule has 1 aromatic rings. The van der Waals surface area contributed by atoms with Crippen molar-refractivity contribution in [1.29, 1.82) is 0 Å². The number of benzene rings is 1. The van der Waals surface area contributed by atoms with Gasteiger partial charge in [0.15, 0.2) is 9.84 Å². The van der Waals surface area contributed by atoms with E-state index < -0.39 is 32.4 Å². The SMILES string of the molecule is CC(C)=CCCC(C)=CCc1cc(O)cc2c1O[C@@H](C=C(C)CCC=C(C)C)C1=C2C(=O)C2=C(C1=O)S(=O)(=O)CCN2. The molecule has 2 heterocycles. The Kier molecular flexibility index (Phi) is 9.46. The lowest BCUT2D eigenvalue weighted by molar-refractivity contribution is -0.115. The Morgan fingerprint density at radius 2 is 1.60 bits per heavy atom. The number of rotatable bonds is 9. The lowest BCUT2D eigenvalue weighted by atomic mass is 9.81. The molecule has 42 heavy (non-hydrogen) atoms. The highest BCUT2D eigenvalue weighted by molar-refractivity contribution is 7.96. The van der Waals surface area contributed by atoms with Gasteiger partial charge in [-0.05, 0) is 91.9 Å². The van der Waals surface area contributed by atoms with Gasteiger partial charge in [0.05, 0.1) is 11.3 Å². The number of carbonyl (C=O) groups excluding carboxylic acids is 2. The van der Waals surface area contributed by atoms with Crippen molar-refractivity contribution in [3.05, 3.63) is 86.0 Å². The van der Waals surface area contributed by atoms with Crippen LogP contribution in [-0.2, 0) is 25.8 Å². The first-order chi connectivity index (χ1) is 19.8. The number of aromatic hydroxyl groups is 1. The van der Waals surface area contributed by atoms with Crippen LogP contribution in [0.25, 0.3) is 5.57 Å². The molecule has 0 saturated carbocycles. The number of phenols is 1. The van der Waals surface area contributed by atoms with E-state index in [0.717, 1.165) is 24.8 Å². The zero-order valence-corrected chi connectivity index (χ0v) is 26.2. The predicted octanol–water partition coefficient (Wildman–Crippen LogP) is 6.22. The summed E-state index contributed by atoms with van der Waals surface area (Å²) in [4.78, 5) is 27.4. The van der Waals surface area contributed by atoms with Gasteiger partial charge in [0.1, 0.15) is 28.2 Å². The number of allylic oxidation sites excluding steroid dienone is 9. The van der Waals surface area contributed by atoms with Crippen LogP contribution in [0.2, 0.25) is 0 Å². The van der Waals surface area contributed by atoms with Crippen LogP contribution in [0.5, 0.6) is 11.5 Å². The van der Waals surface area contributed by atoms with E-state index in [0.29, 0.717) is 29.7 Å². The molecule has 0 amide bonds. The second-order valence-corrected chi connectivity index (χ2v) is 13.9. The maximum atomic E-state index is 14.0. The molecule has 0 aromatic heterocycles. The van der Waals surface area contributed by atoms with E-state index in [9.17, 15) is 23.1 Å². The van der Waals surface area contributed by atoms with Gasteiger partial charge in [-0.15, -0.1) is 0 Å². The summed E-state index contributed by atoms with van der Waals surface area (Å²) in [7, 11) is -3.95. The van der Waals surface area contributed by atoms with Crippen LogP contribution in [0.1, 0.15) is 78.4 Å². The highest BCUT2D eigenvalue weighted by Gasteiger charge is 2.48. The van der Waals surface area contributed by atoms with Crippen LogP contribution in [0, 0.1) is 0 Å². The third-order valence-corrected chi connectivity index (χ3v) is 9.38. The molecule has 0 fully saturated rings. The van der Waals surface area contributed by atoms with Crippen molar-refractivity contribution in [3.63, 3.8) is 0 Å². The van der Waals surface area contributed by atoms with E-state index in [2.05, 4.69) is 44.3 Å². The Morgan fingerprint density at radius 3 is 2.24 bits per heavy atom. The molecule has 0 saturated heterocycles. The van der Waals surface area contributed by atoms with Crippen molar-refractivity contribution in [1.82, 2.24) is 5.32 Å². The molecule has 0 spiro atoms. The summed E-state index contributed by atoms with van der Waals surface area (Å²) in [6.07, 6.45) is 11.1. The minimum atomic E-state index is -3.95. The number of sulfone groups is 1. The van der Waals surface area contributed by atoms with Gasteiger partial charge in [0.25, 0.3) is 0 Å². The molecule has 1 atom stereocenters. The summed E-state index contributed by atoms with van der Waals surface area (Å²) in [5, 5.41) is 13.6. The number of hydrogen-bond donors (Lipinski definition) is 2. The maximum Gasteiger partial charge on any atom is 0.211 e. The molecular weight excluding hydrogens is 550 g/mol. The van der Waals surface area contributed by atoms with Crippen molar-refractivity contribution in [2.24, 2.45) is 0 Å². The van der Waals surface area contributed by atoms with E-state index in [1.54, 1.807) is 6.07 Å². The third kappa shape index (κ3) is 6.70. The van der Waals surface area contributed by atoms with Crippen LogP contribution in [-0.4, -0.2) is 43.5 Å². The first kappa shape index (κ1) is 31.3. The molecule has 224 valence electrons. The van der Waals surface area contributed by atoms with E-state index in [-0.39, 0.29) is 34.9 Å². The number of hydrogen-bond acceptors (Lipinski definition) is 7. The molecule has 0 bridgehead atoms. The lowest BCUT2D eigenvalue weighted by Crippen LogP contribution is -2.44. The Hall–Kier alpha value is -3.65. The van der Waals surface area contributed by atoms with Gasteiger partial charge in [-0.25, -0.2) is 8.42 Å². The number of ketones is 2. The van der Waals surface area contributed by atoms with Gasteiger partial charge in [-0.2, -0.15) is 0 Å². The van der Waals surface area contributed by atoms with Gasteiger partial charge < -0.3 is 15.2 Å². The number of Topliss-reactive ketones (excluding diaryl/α,β-unsaturated/α-hetero) is 2. The van der Waals surface area contributed by atoms with Crippen LogP contribution in [0.3, 0.4) is 0 Å². The van der Waals surface area contributed by atoms with Gasteiger partial charge in [-0.1, -0.05) is 40.5 Å². The van der Waals surface area contributed by atoms with Crippen LogP contribution in [0.4, 0.5) is 0 Å². The van der Waals surface area contributed by atoms with E-state index in [4.69, 9.17) is 4.74 Å². The summed E-state index contributed by atoms with van der Waals surface area (Å²) >= 11 is 0. The van der Waals surface area contributed by atoms with Crippen molar-refractivity contribution in [2.45, 2.75) is 79.8 Å². The molecule has 1 aromatic carbocycles. The fraction of sp³-hybridized carbons (Fsp3) is 0.412. The first-order valence-corrected chi connectivity index (χ1v) is 16.1. The Balaban J connectivity index is 1.83. The number of fused-ring (bicyclic) bond motifs is 2. The van der Waals surface area contributed by atoms with Crippen molar-refractivity contribution >= 4 is 27.0 Å². The number of ether oxygens (including phenoxy) is 1. The average Bonchev–Trinajstić information content (AvgIpc) is 2.89. The second-order valence-electron chi connectivity index (χ2n) is 11.8. The zero-order valence-electron chi connectivity index (χ0n) is 25.4. The largest absolute Gasteiger partial charge is 0.508 e. The van der Waals surface area contributed by atoms with Gasteiger partial charge in [-0.3, -0.25) is 9.59 Å². The molecule has 2 N–H and O–H groups in total. The van der Waals surface area contributed by atoms with E-state index in [1.807, 2.05) is 26.8 Å². The fourth-order valence-electron chi connectivity index (χ4n) is 5.47. The predicted molar refractivity (Wildman–Crippen MR) is 167 cm³/mol. The van der Waals surface area contributed by atoms with Crippen LogP contribution >= 0.6 is 0 Å². The molecule has 1 aliphatic carbocycles. The van der Waals surface area contributed by atoms with Crippen molar-refractivity contribution in [2.75, 3.05) is 12.3 Å². The number of phenolic OH excluding ortho intramolecular Hbond substituents is 1. The smallest absolute Gasteiger partial charge is 0.211 e. The Labute approximate surface area is 249 Å². The fourth-order valence-corrected chi connectivity index (χ4v) is 6.91. The molecule has 0 radical (unpaired) electrons. The highest BCUT2D eigenvalue weighted by Crippen LogP contribution is 2.46. The van der Waals surface area contributed by atoms with Crippen molar-refractivity contribution < 1.29 is 27.9 Å². The molecule has 8 heteroatoms. The molecule has 2 aliphatic heterocycles. The minimum absolute atomic E-state index is 0.00471. The molecule has 4 rings (SSSR count). The molecule has 3 aliphatic rings. The summed E-state index contributed by atoms with van der Waals surface area (Å²) < 4.78 is 32.5. The van der Waals surface area contributed by atoms with E-state index in [1.165, 1.54) is 22.8 Å². The van der Waals surface area contributed by atoms with Gasteiger partial charge >= 0.3 is 0 Å². The number of nitrogens with one attached hydrogen (secondary N) is 1. The lowest BCUT2D eigenvalue weighted by Gasteiger charge is -2.35. The quantitative estimate of drug-likeness (QED) is 0.259. The third-order valence-electron chi connectivity index (χ3n) is 7.62. The monoisotopic (exact) mass is 591 g/mol. The molecular formula is C34H41NO6S. The normalized spacial score (nSPS) is 19.8. The topological polar surface area (TPSA) is 110 Å². The number of carbonyl (C=O) groups is 2. The standard InChI is InChI=1S/C34H41NO6S/c1-20(2)9-7-11-22(5)13-14-24-18-25(36)19-26-28-29(27(41-33(24)26)17-23(6)12-8-10-21(3)4)32(38)34-30(31(28)37)35-15-16-42(34,39)40/h9-10,13,17-19,27,35-36H,7-8,11-12,14-16H2,1-6H3/t27-/m0/s1. The Bertz CT molecular complexity index is 1610. The minimum Gasteiger partial charge on any atom is -0.508 e. The Morgan fingerprint density at radius 1 is 0.952 bits per heavy atom. The summed E-state index contributed by atoms with van der Waals surface area (Å²) in [5.41, 5.74) is 5.49. The summed E-state index contributed by atoms with van der Waals surface area (Å²) in [6, 6.07) is 3.05. The van der Waals surface area contributed by atoms with Gasteiger partial charge in [0.2, 0.25) is 11.6 Å². The zero-order chi connectivity index (χ0) is 30.8. The summed E-state index contributed by atoms with van der Waals surface area (Å²) in [5.74, 6) is -1.21. The van der Waals surface area contributed by atoms with Crippen LogP contribution in [0.15, 0.2) is 74.9 Å². The van der Waals surface area contributed by atoms with Gasteiger partial charge in [0, 0.05) is 23.2 Å².